The van der Waals surface area contributed by atoms with Gasteiger partial charge in [-0.3, -0.25) is 4.79 Å². The molecule has 0 aliphatic carbocycles. The van der Waals surface area contributed by atoms with Gasteiger partial charge in [-0.1, -0.05) is 24.3 Å². The molecule has 2 N–H and O–H groups in total. The minimum absolute atomic E-state index is 0.145. The highest BCUT2D eigenvalue weighted by atomic mass is 16.5. The molecule has 2 rings (SSSR count). The van der Waals surface area contributed by atoms with Crippen molar-refractivity contribution in [3.63, 3.8) is 0 Å². The minimum Gasteiger partial charge on any atom is -0.496 e. The molecule has 116 valence electrons. The van der Waals surface area contributed by atoms with Crippen LogP contribution in [-0.4, -0.2) is 43.9 Å². The molecule has 2 aromatic carbocycles. The molecule has 0 heterocycles. The molecule has 6 heteroatoms. The molecule has 0 aromatic heterocycles. The van der Waals surface area contributed by atoms with Crippen LogP contribution in [0, 0.1) is 0 Å². The minimum atomic E-state index is -1.03. The van der Waals surface area contributed by atoms with Gasteiger partial charge in [0, 0.05) is 17.5 Å². The van der Waals surface area contributed by atoms with Gasteiger partial charge in [0.05, 0.1) is 13.7 Å². The molecular weight excluding hydrogens is 286 g/mol. The molecule has 0 aliphatic rings. The Hall–Kier alpha value is -2.60. The predicted molar refractivity (Wildman–Crippen MR) is 81.3 cm³/mol. The molecule has 22 heavy (non-hydrogen) atoms. The van der Waals surface area contributed by atoms with Crippen molar-refractivity contribution in [2.24, 2.45) is 0 Å². The monoisotopic (exact) mass is 303 g/mol. The Morgan fingerprint density at radius 1 is 1.14 bits per heavy atom. The van der Waals surface area contributed by atoms with Crippen molar-refractivity contribution < 1.29 is 24.2 Å². The predicted octanol–water partition coefficient (Wildman–Crippen LogP) is 1.68. The topological polar surface area (TPSA) is 84.9 Å². The molecule has 1 amide bonds. The number of benzene rings is 2. The number of fused-ring (bicyclic) bond motifs is 1. The lowest BCUT2D eigenvalue weighted by atomic mass is 10.0. The zero-order chi connectivity index (χ0) is 15.9. The van der Waals surface area contributed by atoms with E-state index >= 15 is 0 Å². The number of ether oxygens (including phenoxy) is 2. The lowest BCUT2D eigenvalue weighted by Crippen LogP contribution is -2.28. The van der Waals surface area contributed by atoms with Crippen LogP contribution >= 0.6 is 0 Å². The normalized spacial score (nSPS) is 10.4. The Balaban J connectivity index is 2.07. The smallest absolute Gasteiger partial charge is 0.329 e. The molecule has 2 aromatic rings. The van der Waals surface area contributed by atoms with E-state index < -0.39 is 5.97 Å². The molecule has 0 radical (unpaired) electrons. The summed E-state index contributed by atoms with van der Waals surface area (Å²) in [4.78, 5) is 22.5. The number of methoxy groups -OCH3 is 1. The number of carboxylic acid groups (broad SMARTS) is 1. The summed E-state index contributed by atoms with van der Waals surface area (Å²) >= 11 is 0. The summed E-state index contributed by atoms with van der Waals surface area (Å²) in [6.45, 7) is 0.0138. The second kappa shape index (κ2) is 7.42. The fourth-order valence-corrected chi connectivity index (χ4v) is 2.14. The number of hydrogen-bond donors (Lipinski definition) is 2. The van der Waals surface area contributed by atoms with Crippen molar-refractivity contribution in [3.8, 4) is 5.75 Å². The maximum Gasteiger partial charge on any atom is 0.329 e. The molecular formula is C16H17NO5. The van der Waals surface area contributed by atoms with Crippen LogP contribution in [0.4, 0.5) is 0 Å². The van der Waals surface area contributed by atoms with Crippen molar-refractivity contribution in [2.75, 3.05) is 26.9 Å². The van der Waals surface area contributed by atoms with Crippen molar-refractivity contribution >= 4 is 22.6 Å². The van der Waals surface area contributed by atoms with Gasteiger partial charge in [-0.25, -0.2) is 4.79 Å². The number of rotatable bonds is 7. The van der Waals surface area contributed by atoms with E-state index in [0.29, 0.717) is 11.3 Å². The zero-order valence-corrected chi connectivity index (χ0v) is 12.2. The molecule has 0 bridgehead atoms. The highest BCUT2D eigenvalue weighted by Crippen LogP contribution is 2.28. The fourth-order valence-electron chi connectivity index (χ4n) is 2.14. The van der Waals surface area contributed by atoms with Crippen molar-refractivity contribution in [2.45, 2.75) is 0 Å². The quantitative estimate of drug-likeness (QED) is 0.760. The first-order valence-corrected chi connectivity index (χ1v) is 6.77. The molecule has 0 spiro atoms. The van der Waals surface area contributed by atoms with E-state index in [9.17, 15) is 9.59 Å². The second-order valence-electron chi connectivity index (χ2n) is 4.56. The van der Waals surface area contributed by atoms with E-state index in [0.717, 1.165) is 10.8 Å². The number of nitrogens with one attached hydrogen (secondary N) is 1. The number of carbonyl (C=O) groups excluding carboxylic acids is 1. The van der Waals surface area contributed by atoms with Gasteiger partial charge in [-0.15, -0.1) is 0 Å². The molecule has 0 unspecified atom stereocenters. The highest BCUT2D eigenvalue weighted by molar-refractivity contribution is 6.08. The molecule has 0 saturated heterocycles. The van der Waals surface area contributed by atoms with Gasteiger partial charge < -0.3 is 19.9 Å². The zero-order valence-electron chi connectivity index (χ0n) is 12.2. The van der Waals surface area contributed by atoms with E-state index in [1.54, 1.807) is 19.2 Å². The lowest BCUT2D eigenvalue weighted by Gasteiger charge is -2.11. The third kappa shape index (κ3) is 3.73. The first kappa shape index (κ1) is 15.8. The summed E-state index contributed by atoms with van der Waals surface area (Å²) < 4.78 is 10.2. The van der Waals surface area contributed by atoms with Gasteiger partial charge in [0.25, 0.3) is 5.91 Å². The highest BCUT2D eigenvalue weighted by Gasteiger charge is 2.12. The SMILES string of the molecule is COc1ccc(C(=O)NCCOCC(=O)O)c2ccccc12. The molecule has 0 saturated carbocycles. The van der Waals surface area contributed by atoms with Crippen molar-refractivity contribution in [1.82, 2.24) is 5.32 Å². The Bertz CT molecular complexity index is 683. The summed E-state index contributed by atoms with van der Waals surface area (Å²) in [5.74, 6) is -0.567. The van der Waals surface area contributed by atoms with Gasteiger partial charge in [-0.2, -0.15) is 0 Å². The average Bonchev–Trinajstić information content (AvgIpc) is 2.53. The van der Waals surface area contributed by atoms with Crippen LogP contribution in [0.2, 0.25) is 0 Å². The summed E-state index contributed by atoms with van der Waals surface area (Å²) in [6.07, 6.45) is 0. The van der Waals surface area contributed by atoms with Gasteiger partial charge >= 0.3 is 5.97 Å². The van der Waals surface area contributed by atoms with Crippen LogP contribution in [0.1, 0.15) is 10.4 Å². The number of amides is 1. The largest absolute Gasteiger partial charge is 0.496 e. The molecule has 0 fully saturated rings. The van der Waals surface area contributed by atoms with Gasteiger partial charge in [0.15, 0.2) is 0 Å². The molecule has 0 atom stereocenters. The van der Waals surface area contributed by atoms with E-state index in [2.05, 4.69) is 5.32 Å². The molecule has 0 aliphatic heterocycles. The number of hydrogen-bond acceptors (Lipinski definition) is 4. The van der Waals surface area contributed by atoms with Gasteiger partial charge in [-0.05, 0) is 17.5 Å². The first-order valence-electron chi connectivity index (χ1n) is 6.77. The standard InChI is InChI=1S/C16H17NO5/c1-21-14-7-6-13(11-4-2-3-5-12(11)14)16(20)17-8-9-22-10-15(18)19/h2-7H,8-10H2,1H3,(H,17,20)(H,18,19). The maximum atomic E-state index is 12.2. The van der Waals surface area contributed by atoms with E-state index in [1.807, 2.05) is 24.3 Å². The van der Waals surface area contributed by atoms with Crippen LogP contribution in [0.25, 0.3) is 10.8 Å². The maximum absolute atomic E-state index is 12.2. The summed E-state index contributed by atoms with van der Waals surface area (Å²) in [5.41, 5.74) is 0.537. The number of carbonyl (C=O) groups is 2. The van der Waals surface area contributed by atoms with Crippen molar-refractivity contribution in [3.05, 3.63) is 42.0 Å². The van der Waals surface area contributed by atoms with Crippen LogP contribution in [0.3, 0.4) is 0 Å². The van der Waals surface area contributed by atoms with Gasteiger partial charge in [0.1, 0.15) is 12.4 Å². The third-order valence-electron chi connectivity index (χ3n) is 3.11. The van der Waals surface area contributed by atoms with E-state index in [-0.39, 0.29) is 25.7 Å². The van der Waals surface area contributed by atoms with E-state index in [4.69, 9.17) is 14.6 Å². The van der Waals surface area contributed by atoms with Crippen molar-refractivity contribution in [1.29, 1.82) is 0 Å². The first-order chi connectivity index (χ1) is 10.6. The number of aliphatic carboxylic acids is 1. The Morgan fingerprint density at radius 3 is 2.55 bits per heavy atom. The Kier molecular flexibility index (Phi) is 5.32. The van der Waals surface area contributed by atoms with Crippen LogP contribution in [0.15, 0.2) is 36.4 Å². The summed E-state index contributed by atoms with van der Waals surface area (Å²) in [6, 6.07) is 10.9. The summed E-state index contributed by atoms with van der Waals surface area (Å²) in [7, 11) is 1.58. The molecule has 6 nitrogen and oxygen atoms in total. The fraction of sp³-hybridized carbons (Fsp3) is 0.250. The summed E-state index contributed by atoms with van der Waals surface area (Å²) in [5, 5.41) is 12.8. The van der Waals surface area contributed by atoms with Crippen LogP contribution in [0.5, 0.6) is 5.75 Å². The van der Waals surface area contributed by atoms with Gasteiger partial charge in [0.2, 0.25) is 0 Å². The second-order valence-corrected chi connectivity index (χ2v) is 4.56. The number of carboxylic acids is 1. The lowest BCUT2D eigenvalue weighted by molar-refractivity contribution is -0.142. The third-order valence-corrected chi connectivity index (χ3v) is 3.11. The average molecular weight is 303 g/mol. The van der Waals surface area contributed by atoms with Crippen LogP contribution < -0.4 is 10.1 Å². The Labute approximate surface area is 127 Å². The van der Waals surface area contributed by atoms with Crippen LogP contribution in [-0.2, 0) is 9.53 Å². The Morgan fingerprint density at radius 2 is 1.86 bits per heavy atom. The van der Waals surface area contributed by atoms with E-state index in [1.165, 1.54) is 0 Å².